The summed E-state index contributed by atoms with van der Waals surface area (Å²) in [7, 11) is 0. The maximum atomic E-state index is 13.4. The van der Waals surface area contributed by atoms with Crippen molar-refractivity contribution >= 4 is 11.9 Å². The van der Waals surface area contributed by atoms with E-state index in [0.29, 0.717) is 24.1 Å². The van der Waals surface area contributed by atoms with Crippen LogP contribution in [0, 0.1) is 17.8 Å². The molecule has 1 aliphatic carbocycles. The quantitative estimate of drug-likeness (QED) is 0.355. The molecule has 2 N–H and O–H groups in total. The molecule has 1 amide bonds. The first-order valence-electron chi connectivity index (χ1n) is 14.8. The second kappa shape index (κ2) is 14.0. The molecule has 2 fully saturated rings. The number of rotatable bonds is 11. The van der Waals surface area contributed by atoms with E-state index >= 15 is 0 Å². The van der Waals surface area contributed by atoms with Crippen molar-refractivity contribution in [3.63, 3.8) is 0 Å². The molecule has 2 aromatic carbocycles. The Bertz CT molecular complexity index is 1070. The Morgan fingerprint density at radius 3 is 2.59 bits per heavy atom. The van der Waals surface area contributed by atoms with E-state index in [1.54, 1.807) is 6.07 Å². The van der Waals surface area contributed by atoms with Crippen molar-refractivity contribution in [3.8, 4) is 5.75 Å². The van der Waals surface area contributed by atoms with Crippen molar-refractivity contribution in [2.24, 2.45) is 17.8 Å². The molecular formula is C33H46N2O4. The Morgan fingerprint density at radius 2 is 1.87 bits per heavy atom. The van der Waals surface area contributed by atoms with Crippen LogP contribution in [0.2, 0.25) is 0 Å². The minimum Gasteiger partial charge on any atom is -0.508 e. The average Bonchev–Trinajstić information content (AvgIpc) is 2.94. The fourth-order valence-corrected chi connectivity index (χ4v) is 6.42. The normalized spacial score (nSPS) is 23.2. The van der Waals surface area contributed by atoms with Gasteiger partial charge in [-0.05, 0) is 59.9 Å². The van der Waals surface area contributed by atoms with Crippen molar-refractivity contribution in [1.29, 1.82) is 0 Å². The summed E-state index contributed by atoms with van der Waals surface area (Å²) in [5, 5.41) is 13.1. The van der Waals surface area contributed by atoms with Crippen LogP contribution >= 0.6 is 0 Å². The number of carbonyl (C=O) groups is 2. The minimum absolute atomic E-state index is 0.00350. The number of esters is 1. The highest BCUT2D eigenvalue weighted by molar-refractivity contribution is 5.79. The number of hydrogen-bond acceptors (Lipinski definition) is 5. The Kier molecular flexibility index (Phi) is 10.4. The van der Waals surface area contributed by atoms with E-state index in [1.807, 2.05) is 42.5 Å². The molecule has 1 heterocycles. The van der Waals surface area contributed by atoms with Gasteiger partial charge in [0.05, 0.1) is 12.3 Å². The minimum atomic E-state index is -0.293. The molecule has 212 valence electrons. The van der Waals surface area contributed by atoms with Crippen LogP contribution in [-0.2, 0) is 26.3 Å². The summed E-state index contributed by atoms with van der Waals surface area (Å²) in [6, 6.07) is 17.3. The average molecular weight is 535 g/mol. The van der Waals surface area contributed by atoms with Gasteiger partial charge >= 0.3 is 5.97 Å². The Morgan fingerprint density at radius 1 is 1.10 bits per heavy atom. The van der Waals surface area contributed by atoms with Crippen LogP contribution in [0.15, 0.2) is 54.6 Å². The van der Waals surface area contributed by atoms with Gasteiger partial charge in [-0.15, -0.1) is 0 Å². The summed E-state index contributed by atoms with van der Waals surface area (Å²) in [5.74, 6) is 1.00. The molecule has 0 spiro atoms. The number of hydrogen-bond donors (Lipinski definition) is 2. The number of likely N-dealkylation sites (tertiary alicyclic amines) is 1. The molecular weight excluding hydrogens is 488 g/mol. The van der Waals surface area contributed by atoms with Crippen LogP contribution in [0.3, 0.4) is 0 Å². The van der Waals surface area contributed by atoms with Crippen LogP contribution < -0.4 is 5.32 Å². The van der Waals surface area contributed by atoms with Gasteiger partial charge in [-0.1, -0.05) is 88.4 Å². The SMILES string of the molecule is CC1CN(CC(CC2CCCCC2)C(=O)NCCC(=O)OCc2ccccc2)CCC1(C)c1cccc(O)c1. The highest BCUT2D eigenvalue weighted by atomic mass is 16.5. The van der Waals surface area contributed by atoms with Gasteiger partial charge in [0, 0.05) is 19.6 Å². The number of ether oxygens (including phenoxy) is 1. The smallest absolute Gasteiger partial charge is 0.307 e. The molecule has 3 atom stereocenters. The topological polar surface area (TPSA) is 78.9 Å². The van der Waals surface area contributed by atoms with Crippen LogP contribution in [0.1, 0.15) is 76.3 Å². The lowest BCUT2D eigenvalue weighted by molar-refractivity contribution is -0.144. The highest BCUT2D eigenvalue weighted by Gasteiger charge is 2.39. The summed E-state index contributed by atoms with van der Waals surface area (Å²) in [5.41, 5.74) is 2.14. The molecule has 1 saturated carbocycles. The first-order chi connectivity index (χ1) is 18.8. The summed E-state index contributed by atoms with van der Waals surface area (Å²) >= 11 is 0. The number of benzene rings is 2. The van der Waals surface area contributed by atoms with Gasteiger partial charge in [0.1, 0.15) is 12.4 Å². The Labute approximate surface area is 234 Å². The number of phenols is 1. The van der Waals surface area contributed by atoms with E-state index in [2.05, 4.69) is 30.1 Å². The predicted octanol–water partition coefficient (Wildman–Crippen LogP) is 5.83. The molecule has 3 unspecified atom stereocenters. The van der Waals surface area contributed by atoms with Gasteiger partial charge in [-0.2, -0.15) is 0 Å². The fraction of sp³-hybridized carbons (Fsp3) is 0.576. The lowest BCUT2D eigenvalue weighted by Crippen LogP contribution is -2.50. The number of nitrogens with one attached hydrogen (secondary N) is 1. The van der Waals surface area contributed by atoms with E-state index < -0.39 is 0 Å². The number of phenolic OH excluding ortho intramolecular Hbond substituents is 1. The second-order valence-electron chi connectivity index (χ2n) is 12.0. The molecule has 0 radical (unpaired) electrons. The Balaban J connectivity index is 1.30. The highest BCUT2D eigenvalue weighted by Crippen LogP contribution is 2.40. The number of nitrogens with zero attached hydrogens (tertiary/aromatic N) is 1. The van der Waals surface area contributed by atoms with E-state index in [1.165, 1.54) is 37.7 Å². The maximum absolute atomic E-state index is 13.4. The van der Waals surface area contributed by atoms with Crippen molar-refractivity contribution < 1.29 is 19.4 Å². The van der Waals surface area contributed by atoms with Gasteiger partial charge in [0.15, 0.2) is 0 Å². The number of amides is 1. The third kappa shape index (κ3) is 8.31. The number of piperidine rings is 1. The molecule has 2 aliphatic rings. The van der Waals surface area contributed by atoms with Crippen LogP contribution in [0.5, 0.6) is 5.75 Å². The molecule has 6 heteroatoms. The first kappa shape index (κ1) is 29.1. The summed E-state index contributed by atoms with van der Waals surface area (Å²) in [6.45, 7) is 7.75. The zero-order valence-electron chi connectivity index (χ0n) is 23.7. The third-order valence-corrected chi connectivity index (χ3v) is 9.14. The standard InChI is InChI=1S/C33H46N2O4/c1-25-22-35(19-17-33(25,2)29-14-9-15-30(36)21-29)23-28(20-26-10-5-3-6-11-26)32(38)34-18-16-31(37)39-24-27-12-7-4-8-13-27/h4,7-9,12-15,21,25-26,28,36H,3,5-6,10-11,16-20,22-24H2,1-2H3,(H,34,38). The molecule has 4 rings (SSSR count). The van der Waals surface area contributed by atoms with Gasteiger partial charge in [0.25, 0.3) is 0 Å². The van der Waals surface area contributed by atoms with E-state index in [9.17, 15) is 14.7 Å². The molecule has 2 aromatic rings. The third-order valence-electron chi connectivity index (χ3n) is 9.14. The molecule has 0 aromatic heterocycles. The molecule has 6 nitrogen and oxygen atoms in total. The van der Waals surface area contributed by atoms with Crippen LogP contribution in [0.4, 0.5) is 0 Å². The number of carbonyl (C=O) groups excluding carboxylic acids is 2. The first-order valence-corrected chi connectivity index (χ1v) is 14.8. The van der Waals surface area contributed by atoms with Gasteiger partial charge in [-0.25, -0.2) is 0 Å². The fourth-order valence-electron chi connectivity index (χ4n) is 6.42. The largest absolute Gasteiger partial charge is 0.508 e. The summed E-state index contributed by atoms with van der Waals surface area (Å²) < 4.78 is 5.37. The molecule has 1 saturated heterocycles. The lowest BCUT2D eigenvalue weighted by Gasteiger charge is -2.46. The molecule has 0 bridgehead atoms. The van der Waals surface area contributed by atoms with Crippen molar-refractivity contribution in [1.82, 2.24) is 10.2 Å². The summed E-state index contributed by atoms with van der Waals surface area (Å²) in [4.78, 5) is 28.1. The molecule has 39 heavy (non-hydrogen) atoms. The number of aromatic hydroxyl groups is 1. The van der Waals surface area contributed by atoms with Crippen molar-refractivity contribution in [2.45, 2.75) is 77.2 Å². The zero-order chi connectivity index (χ0) is 27.7. The van der Waals surface area contributed by atoms with E-state index in [-0.39, 0.29) is 36.2 Å². The zero-order valence-corrected chi connectivity index (χ0v) is 23.7. The van der Waals surface area contributed by atoms with Gasteiger partial charge in [0.2, 0.25) is 5.91 Å². The van der Waals surface area contributed by atoms with E-state index in [4.69, 9.17) is 4.74 Å². The van der Waals surface area contributed by atoms with Crippen LogP contribution in [-0.4, -0.2) is 48.1 Å². The lowest BCUT2D eigenvalue weighted by atomic mass is 9.68. The van der Waals surface area contributed by atoms with Gasteiger partial charge < -0.3 is 20.1 Å². The summed E-state index contributed by atoms with van der Waals surface area (Å²) in [6.07, 6.45) is 8.32. The van der Waals surface area contributed by atoms with Crippen LogP contribution in [0.25, 0.3) is 0 Å². The van der Waals surface area contributed by atoms with Crippen molar-refractivity contribution in [2.75, 3.05) is 26.2 Å². The monoisotopic (exact) mass is 534 g/mol. The van der Waals surface area contributed by atoms with E-state index in [0.717, 1.165) is 38.0 Å². The van der Waals surface area contributed by atoms with Crippen molar-refractivity contribution in [3.05, 3.63) is 65.7 Å². The maximum Gasteiger partial charge on any atom is 0.307 e. The Hall–Kier alpha value is -2.86. The molecule has 1 aliphatic heterocycles. The van der Waals surface area contributed by atoms with Gasteiger partial charge in [-0.3, -0.25) is 9.59 Å². The second-order valence-corrected chi connectivity index (χ2v) is 12.0. The predicted molar refractivity (Wildman–Crippen MR) is 154 cm³/mol.